The number of hydrogen-bond donors (Lipinski definition) is 1. The summed E-state index contributed by atoms with van der Waals surface area (Å²) in [5.74, 6) is 1.54. The molecule has 1 aliphatic heterocycles. The molecule has 2 N–H and O–H groups in total. The summed E-state index contributed by atoms with van der Waals surface area (Å²) in [6, 6.07) is 25.7. The molecule has 0 saturated carbocycles. The number of nitrogens with zero attached hydrogens (tertiary/aromatic N) is 1. The van der Waals surface area contributed by atoms with Crippen molar-refractivity contribution in [1.82, 2.24) is 4.90 Å². The van der Waals surface area contributed by atoms with E-state index in [0.29, 0.717) is 25.9 Å². The van der Waals surface area contributed by atoms with Crippen LogP contribution in [0.2, 0.25) is 0 Å². The number of aliphatic hydroxyl groups is 1. The molecule has 3 aromatic carbocycles. The molecule has 3 aromatic rings. The summed E-state index contributed by atoms with van der Waals surface area (Å²) in [6.07, 6.45) is 7.76. The van der Waals surface area contributed by atoms with Crippen LogP contribution in [0.15, 0.2) is 78.9 Å². The van der Waals surface area contributed by atoms with E-state index in [-0.39, 0.29) is 43.5 Å². The van der Waals surface area contributed by atoms with Crippen LogP contribution in [0.1, 0.15) is 68.1 Å². The van der Waals surface area contributed by atoms with Gasteiger partial charge in [-0.25, -0.2) is 0 Å². The van der Waals surface area contributed by atoms with Crippen LogP contribution in [0.4, 0.5) is 0 Å². The van der Waals surface area contributed by atoms with Crippen molar-refractivity contribution in [3.63, 3.8) is 0 Å². The van der Waals surface area contributed by atoms with Crippen LogP contribution in [-0.4, -0.2) is 80.4 Å². The van der Waals surface area contributed by atoms with Gasteiger partial charge in [-0.3, -0.25) is 11.1 Å². The summed E-state index contributed by atoms with van der Waals surface area (Å²) in [5.41, 5.74) is 1.75. The van der Waals surface area contributed by atoms with Gasteiger partial charge in [0.15, 0.2) is 0 Å². The number of ether oxygens (including phenoxy) is 4. The Balaban J connectivity index is 0.00000384. The first-order chi connectivity index (χ1) is 22.0. The standard InChI is InChI=1S/C37H46NO7.Li.H2O/c1-42-32-20-16-30(17-21-32)37(29-13-9-8-10-14-29,31-18-22-33(43-2)23-19-31)44-28-35-26-38(25-34(27-40)45-35)36(41)15-11-6-4-3-5-7-12-24-39;;/h8-10,13-14,16-23,34-35,40H,3-7,11-12,15,25-28H2,1-2H3;;1H2/q-1;+1;/p-1/t34-,35?;;/m0../s1. The van der Waals surface area contributed by atoms with Crippen molar-refractivity contribution >= 4 is 12.2 Å². The van der Waals surface area contributed by atoms with Crippen LogP contribution >= 0.6 is 0 Å². The molecule has 1 fully saturated rings. The van der Waals surface area contributed by atoms with Gasteiger partial charge >= 0.3 is 18.9 Å². The molecular formula is C37H47LiNO8-. The number of carbonyl (C=O) groups excluding carboxylic acids is 2. The Morgan fingerprint density at radius 3 is 1.85 bits per heavy atom. The molecule has 0 aliphatic carbocycles. The van der Waals surface area contributed by atoms with Gasteiger partial charge in [0.2, 0.25) is 5.91 Å². The fraction of sp³-hybridized carbons (Fsp3) is 0.459. The third-order valence-corrected chi connectivity index (χ3v) is 8.37. The molecule has 1 amide bonds. The number of benzene rings is 3. The zero-order valence-corrected chi connectivity index (χ0v) is 27.9. The van der Waals surface area contributed by atoms with Gasteiger partial charge in [-0.05, 0) is 47.4 Å². The van der Waals surface area contributed by atoms with Crippen molar-refractivity contribution in [1.29, 1.82) is 0 Å². The fourth-order valence-electron chi connectivity index (χ4n) is 5.95. The van der Waals surface area contributed by atoms with Crippen LogP contribution in [0.5, 0.6) is 11.5 Å². The Hall–Kier alpha value is -3.16. The summed E-state index contributed by atoms with van der Waals surface area (Å²) < 4.78 is 24.1. The molecule has 0 bridgehead atoms. The minimum Gasteiger partial charge on any atom is -0.870 e. The second-order valence-electron chi connectivity index (χ2n) is 11.4. The van der Waals surface area contributed by atoms with Crippen LogP contribution in [0.25, 0.3) is 0 Å². The van der Waals surface area contributed by atoms with E-state index in [4.69, 9.17) is 18.9 Å². The third-order valence-electron chi connectivity index (χ3n) is 8.37. The van der Waals surface area contributed by atoms with Crippen LogP contribution in [-0.2, 0) is 24.7 Å². The van der Waals surface area contributed by atoms with Crippen molar-refractivity contribution in [2.45, 2.75) is 69.2 Å². The van der Waals surface area contributed by atoms with Crippen molar-refractivity contribution in [3.8, 4) is 11.5 Å². The van der Waals surface area contributed by atoms with Crippen molar-refractivity contribution < 1.29 is 58.0 Å². The Morgan fingerprint density at radius 2 is 1.32 bits per heavy atom. The molecule has 250 valence electrons. The summed E-state index contributed by atoms with van der Waals surface area (Å²) in [4.78, 5) is 25.4. The zero-order valence-electron chi connectivity index (χ0n) is 27.9. The van der Waals surface area contributed by atoms with Gasteiger partial charge in [-0.15, -0.1) is 0 Å². The summed E-state index contributed by atoms with van der Waals surface area (Å²) in [5, 5.41) is 10.1. The van der Waals surface area contributed by atoms with Gasteiger partial charge in [0.1, 0.15) is 17.1 Å². The van der Waals surface area contributed by atoms with Gasteiger partial charge in [0.05, 0.1) is 39.6 Å². The maximum Gasteiger partial charge on any atom is 1.00 e. The van der Waals surface area contributed by atoms with E-state index in [2.05, 4.69) is 0 Å². The molecule has 47 heavy (non-hydrogen) atoms. The average molecular weight is 641 g/mol. The van der Waals surface area contributed by atoms with Gasteiger partial charge in [-0.1, -0.05) is 86.7 Å². The largest absolute Gasteiger partial charge is 1.00 e. The second-order valence-corrected chi connectivity index (χ2v) is 11.4. The topological polar surface area (TPSA) is 125 Å². The summed E-state index contributed by atoms with van der Waals surface area (Å²) >= 11 is 0. The van der Waals surface area contributed by atoms with Crippen LogP contribution in [0.3, 0.4) is 0 Å². The van der Waals surface area contributed by atoms with E-state index in [0.717, 1.165) is 66.7 Å². The Morgan fingerprint density at radius 1 is 0.809 bits per heavy atom. The molecule has 1 saturated heterocycles. The van der Waals surface area contributed by atoms with E-state index in [1.807, 2.05) is 90.0 Å². The fourth-order valence-corrected chi connectivity index (χ4v) is 5.95. The molecule has 0 spiro atoms. The number of morpholine rings is 1. The Bertz CT molecular complexity index is 1260. The maximum absolute atomic E-state index is 13.2. The maximum atomic E-state index is 13.2. The van der Waals surface area contributed by atoms with E-state index in [1.165, 1.54) is 0 Å². The normalized spacial score (nSPS) is 16.0. The number of carbonyl (C=O) groups is 1. The molecule has 0 aromatic heterocycles. The zero-order chi connectivity index (χ0) is 31.9. The molecule has 10 heteroatoms. The van der Waals surface area contributed by atoms with E-state index in [9.17, 15) is 14.7 Å². The SMILES string of the molecule is COc1ccc(C(OCC2CN(C(=O)CCCCCCCC[C-]=O)C[C@@H](CO)O2)(c2ccccc2)c2ccc(OC)cc2)cc1.[Li+].[OH-]. The molecule has 1 aliphatic rings. The Labute approximate surface area is 291 Å². The first-order valence-electron chi connectivity index (χ1n) is 15.9. The molecule has 1 unspecified atom stereocenters. The summed E-state index contributed by atoms with van der Waals surface area (Å²) in [6.45, 7) is 0.743. The molecular weight excluding hydrogens is 593 g/mol. The first kappa shape index (κ1) is 40.0. The quantitative estimate of drug-likeness (QED) is 0.0975. The second kappa shape index (κ2) is 20.9. The molecule has 2 atom stereocenters. The van der Waals surface area contributed by atoms with E-state index in [1.54, 1.807) is 14.2 Å². The van der Waals surface area contributed by atoms with Gasteiger partial charge in [-0.2, -0.15) is 6.42 Å². The molecule has 9 nitrogen and oxygen atoms in total. The number of aliphatic hydroxyl groups excluding tert-OH is 1. The Kier molecular flexibility index (Phi) is 17.8. The van der Waals surface area contributed by atoms with Crippen molar-refractivity contribution in [2.75, 3.05) is 40.5 Å². The molecule has 4 rings (SSSR count). The van der Waals surface area contributed by atoms with Gasteiger partial charge in [0, 0.05) is 19.5 Å². The van der Waals surface area contributed by atoms with E-state index >= 15 is 0 Å². The number of amides is 1. The predicted molar refractivity (Wildman–Crippen MR) is 175 cm³/mol. The third kappa shape index (κ3) is 10.9. The number of unbranched alkanes of at least 4 members (excludes halogenated alkanes) is 6. The van der Waals surface area contributed by atoms with Crippen LogP contribution < -0.4 is 28.3 Å². The number of rotatable bonds is 18. The summed E-state index contributed by atoms with van der Waals surface area (Å²) in [7, 11) is 3.28. The van der Waals surface area contributed by atoms with E-state index < -0.39 is 17.8 Å². The number of methoxy groups -OCH3 is 2. The van der Waals surface area contributed by atoms with Crippen molar-refractivity contribution in [2.24, 2.45) is 0 Å². The van der Waals surface area contributed by atoms with Crippen LogP contribution in [0, 0.1) is 0 Å². The van der Waals surface area contributed by atoms with Gasteiger partial charge in [0.25, 0.3) is 0 Å². The monoisotopic (exact) mass is 640 g/mol. The molecule has 1 heterocycles. The van der Waals surface area contributed by atoms with Crippen molar-refractivity contribution in [3.05, 3.63) is 95.6 Å². The minimum absolute atomic E-state index is 0. The predicted octanol–water partition coefficient (Wildman–Crippen LogP) is 2.66. The number of hydrogen-bond acceptors (Lipinski definition) is 8. The average Bonchev–Trinajstić information content (AvgIpc) is 3.10. The minimum atomic E-state index is -1.01. The molecule has 0 radical (unpaired) electrons. The first-order valence-corrected chi connectivity index (χ1v) is 15.9. The van der Waals surface area contributed by atoms with Gasteiger partial charge < -0.3 is 39.2 Å². The smallest absolute Gasteiger partial charge is 0.870 e.